The molecule has 0 aromatic rings. The van der Waals surface area contributed by atoms with Crippen molar-refractivity contribution in [3.8, 4) is 0 Å². The first-order valence-electron chi connectivity index (χ1n) is 32.2. The predicted molar refractivity (Wildman–Crippen MR) is 350 cm³/mol. The topological polar surface area (TPSA) is 111 Å². The van der Waals surface area contributed by atoms with Crippen LogP contribution < -0.4 is 5.32 Å². The monoisotopic (exact) mass is 1140 g/mol. The van der Waals surface area contributed by atoms with Gasteiger partial charge < -0.3 is 19.4 Å². The zero-order valence-electron chi connectivity index (χ0n) is 52.5. The van der Waals surface area contributed by atoms with Crippen LogP contribution in [0, 0.1) is 0 Å². The average Bonchev–Trinajstić information content (AvgIpc) is 3.44. The molecule has 0 aliphatic rings. The Hall–Kier alpha value is -4.11. The van der Waals surface area contributed by atoms with Crippen LogP contribution in [0.2, 0.25) is 0 Å². The number of unbranched alkanes of at least 4 members (excludes halogenated alkanes) is 23. The van der Waals surface area contributed by atoms with E-state index >= 15 is 0 Å². The van der Waals surface area contributed by atoms with Crippen molar-refractivity contribution in [2.45, 2.75) is 251 Å². The number of allylic oxidation sites excluding steroid dienone is 23. The van der Waals surface area contributed by atoms with E-state index in [-0.39, 0.29) is 37.9 Å². The average molecular weight is 1140 g/mol. The maximum absolute atomic E-state index is 13.5. The third-order valence-corrected chi connectivity index (χ3v) is 14.4. The van der Waals surface area contributed by atoms with Crippen LogP contribution in [0.1, 0.15) is 239 Å². The van der Waals surface area contributed by atoms with E-state index in [2.05, 4.69) is 99.0 Å². The molecule has 0 spiro atoms. The van der Waals surface area contributed by atoms with Crippen molar-refractivity contribution in [1.82, 2.24) is 5.32 Å². The van der Waals surface area contributed by atoms with Gasteiger partial charge in [0.25, 0.3) is 0 Å². The quantitative estimate of drug-likeness (QED) is 0.0156. The molecule has 3 atom stereocenters. The lowest BCUT2D eigenvalue weighted by atomic mass is 10.0. The second kappa shape index (κ2) is 59.1. The van der Waals surface area contributed by atoms with E-state index in [4.69, 9.17) is 13.8 Å². The van der Waals surface area contributed by atoms with Gasteiger partial charge in [-0.25, -0.2) is 4.57 Å². The molecule has 0 fully saturated rings. The second-order valence-corrected chi connectivity index (χ2v) is 23.8. The van der Waals surface area contributed by atoms with Gasteiger partial charge in [-0.1, -0.05) is 276 Å². The SMILES string of the molecule is CC\C=C/C=C/C=C/C=C\C=C\C=C\CCCCCC(=O)NC(COP(=O)(O)OCC[N+](C)(C)C)C(/C=C\CCCCCCCCCCCCC)OC(=O)CCCCCCCCCCC/C=C\C/C=C\C/C=C\C/C=C\C/C=C\CC. The summed E-state index contributed by atoms with van der Waals surface area (Å²) in [6.45, 7) is 6.70. The smallest absolute Gasteiger partial charge is 0.456 e. The van der Waals surface area contributed by atoms with E-state index in [9.17, 15) is 19.0 Å². The zero-order chi connectivity index (χ0) is 59.3. The molecule has 1 amide bonds. The molecule has 0 radical (unpaired) electrons. The van der Waals surface area contributed by atoms with Crippen molar-refractivity contribution < 1.29 is 37.3 Å². The molecule has 0 aliphatic heterocycles. The maximum Gasteiger partial charge on any atom is 0.472 e. The third kappa shape index (κ3) is 60.3. The number of nitrogens with one attached hydrogen (secondary N) is 1. The fourth-order valence-corrected chi connectivity index (χ4v) is 9.26. The molecular formula is C71H120N2O7P+. The standard InChI is InChI=1S/C71H119N2O7P/c1-7-10-13-16-19-22-25-28-30-32-33-34-35-36-37-38-39-41-43-46-49-52-55-58-61-64-71(75)80-69(62-59-56-53-50-47-44-27-24-21-18-15-12-9-3)68(67-79-81(76,77)78-66-65-73(4,5)6)72-70(74)63-60-57-54-51-48-45-42-40-31-29-26-23-20-17-14-11-8-2/h10-11,13-14,17,19-20,22-23,26,28-31,33-34,36-37,40,42,45,48,59,62,68-69H,7-9,12,15-16,18,21,24-25,27,32,35,38-39,41,43-44,46-47,49-58,60-61,63-67H2,1-6H3,(H-,72,74,76,77)/p+1/b13-10-,14-11-,20-17+,22-19-,26-23+,30-28-,31-29-,34-33-,37-36-,42-40+,48-45+,62-59-. The molecule has 3 unspecified atom stereocenters. The van der Waals surface area contributed by atoms with Gasteiger partial charge in [0, 0.05) is 12.8 Å². The van der Waals surface area contributed by atoms with Crippen molar-refractivity contribution in [2.75, 3.05) is 40.9 Å². The number of phosphoric acid groups is 1. The number of quaternary nitrogens is 1. The Morgan fingerprint density at radius 2 is 0.852 bits per heavy atom. The number of likely N-dealkylation sites (N-methyl/N-ethyl adjacent to an activating group) is 1. The fraction of sp³-hybridized carbons (Fsp3) is 0.634. The van der Waals surface area contributed by atoms with E-state index in [0.29, 0.717) is 17.4 Å². The highest BCUT2D eigenvalue weighted by Crippen LogP contribution is 2.43. The summed E-state index contributed by atoms with van der Waals surface area (Å²) < 4.78 is 30.7. The van der Waals surface area contributed by atoms with E-state index in [0.717, 1.165) is 109 Å². The summed E-state index contributed by atoms with van der Waals surface area (Å²) in [5.41, 5.74) is 0. The molecule has 81 heavy (non-hydrogen) atoms. The summed E-state index contributed by atoms with van der Waals surface area (Å²) in [6.07, 6.45) is 85.6. The van der Waals surface area contributed by atoms with Gasteiger partial charge in [0.1, 0.15) is 19.3 Å². The van der Waals surface area contributed by atoms with Crippen LogP contribution in [0.15, 0.2) is 146 Å². The van der Waals surface area contributed by atoms with Gasteiger partial charge in [-0.2, -0.15) is 0 Å². The third-order valence-electron chi connectivity index (χ3n) is 13.4. The summed E-state index contributed by atoms with van der Waals surface area (Å²) >= 11 is 0. The lowest BCUT2D eigenvalue weighted by Crippen LogP contribution is -2.47. The van der Waals surface area contributed by atoms with Crippen molar-refractivity contribution >= 4 is 19.7 Å². The van der Waals surface area contributed by atoms with Gasteiger partial charge in [0.2, 0.25) is 5.91 Å². The van der Waals surface area contributed by atoms with Crippen molar-refractivity contribution in [3.63, 3.8) is 0 Å². The Balaban J connectivity index is 5.29. The highest BCUT2D eigenvalue weighted by atomic mass is 31.2. The lowest BCUT2D eigenvalue weighted by molar-refractivity contribution is -0.870. The van der Waals surface area contributed by atoms with Gasteiger partial charge in [0.15, 0.2) is 0 Å². The molecule has 2 N–H and O–H groups in total. The molecule has 0 saturated carbocycles. The normalized spacial score (nSPS) is 14.6. The first kappa shape index (κ1) is 76.9. The van der Waals surface area contributed by atoms with Crippen LogP contribution in [0.4, 0.5) is 0 Å². The highest BCUT2D eigenvalue weighted by molar-refractivity contribution is 7.47. The van der Waals surface area contributed by atoms with Crippen molar-refractivity contribution in [3.05, 3.63) is 146 Å². The molecule has 0 bridgehead atoms. The number of carbonyl (C=O) groups excluding carboxylic acids is 2. The Morgan fingerprint density at radius 3 is 1.35 bits per heavy atom. The summed E-state index contributed by atoms with van der Waals surface area (Å²) in [5, 5.41) is 3.03. The first-order chi connectivity index (χ1) is 39.4. The van der Waals surface area contributed by atoms with Crippen LogP contribution in [0.3, 0.4) is 0 Å². The number of nitrogens with zero attached hydrogens (tertiary/aromatic N) is 1. The number of rotatable bonds is 56. The van der Waals surface area contributed by atoms with Gasteiger partial charge in [-0.15, -0.1) is 0 Å². The molecule has 9 nitrogen and oxygen atoms in total. The van der Waals surface area contributed by atoms with Gasteiger partial charge in [-0.3, -0.25) is 18.6 Å². The summed E-state index contributed by atoms with van der Waals surface area (Å²) in [5.74, 6) is -0.573. The number of carbonyl (C=O) groups is 2. The van der Waals surface area contributed by atoms with E-state index in [1.807, 2.05) is 94.1 Å². The van der Waals surface area contributed by atoms with E-state index in [1.165, 1.54) is 89.9 Å². The Labute approximate surface area is 498 Å². The Bertz CT molecular complexity index is 1890. The summed E-state index contributed by atoms with van der Waals surface area (Å²) in [6, 6.07) is -0.886. The van der Waals surface area contributed by atoms with Crippen LogP contribution in [0.5, 0.6) is 0 Å². The van der Waals surface area contributed by atoms with Crippen LogP contribution >= 0.6 is 7.82 Å². The summed E-state index contributed by atoms with van der Waals surface area (Å²) in [4.78, 5) is 37.8. The molecule has 10 heteroatoms. The molecule has 0 aromatic heterocycles. The number of amides is 1. The van der Waals surface area contributed by atoms with E-state index < -0.39 is 20.0 Å². The number of hydrogen-bond acceptors (Lipinski definition) is 6. The maximum atomic E-state index is 13.5. The van der Waals surface area contributed by atoms with Crippen molar-refractivity contribution in [1.29, 1.82) is 0 Å². The predicted octanol–water partition coefficient (Wildman–Crippen LogP) is 20.2. The summed E-state index contributed by atoms with van der Waals surface area (Å²) in [7, 11) is 1.44. The second-order valence-electron chi connectivity index (χ2n) is 22.3. The molecule has 0 aromatic carbocycles. The molecule has 460 valence electrons. The Morgan fingerprint density at radius 1 is 0.457 bits per heavy atom. The molecule has 0 saturated heterocycles. The van der Waals surface area contributed by atoms with Crippen molar-refractivity contribution in [2.24, 2.45) is 0 Å². The largest absolute Gasteiger partial charge is 0.472 e. The van der Waals surface area contributed by atoms with Crippen LogP contribution in [-0.2, 0) is 27.9 Å². The molecule has 0 aliphatic carbocycles. The van der Waals surface area contributed by atoms with E-state index in [1.54, 1.807) is 0 Å². The highest BCUT2D eigenvalue weighted by Gasteiger charge is 2.30. The minimum absolute atomic E-state index is 0.0216. The fourth-order valence-electron chi connectivity index (χ4n) is 8.53. The number of hydrogen-bond donors (Lipinski definition) is 2. The number of ether oxygens (including phenoxy) is 1. The minimum Gasteiger partial charge on any atom is -0.456 e. The minimum atomic E-state index is -4.48. The first-order valence-corrected chi connectivity index (χ1v) is 33.7. The van der Waals surface area contributed by atoms with Crippen LogP contribution in [0.25, 0.3) is 0 Å². The lowest BCUT2D eigenvalue weighted by Gasteiger charge is -2.27. The number of phosphoric ester groups is 1. The molecular weight excluding hydrogens is 1020 g/mol. The van der Waals surface area contributed by atoms with Gasteiger partial charge in [-0.05, 0) is 96.0 Å². The Kier molecular flexibility index (Phi) is 56.1. The van der Waals surface area contributed by atoms with Gasteiger partial charge >= 0.3 is 13.8 Å². The zero-order valence-corrected chi connectivity index (χ0v) is 53.4. The van der Waals surface area contributed by atoms with Gasteiger partial charge in [0.05, 0.1) is 33.8 Å². The molecule has 0 heterocycles. The number of esters is 1. The molecule has 0 rings (SSSR count). The van der Waals surface area contributed by atoms with Crippen LogP contribution in [-0.4, -0.2) is 74.3 Å².